The van der Waals surface area contributed by atoms with Gasteiger partial charge in [-0.05, 0) is 33.1 Å². The fraction of sp³-hybridized carbons (Fsp3) is 0.909. The van der Waals surface area contributed by atoms with Crippen LogP contribution < -0.4 is 5.32 Å². The fourth-order valence-corrected chi connectivity index (χ4v) is 1.14. The van der Waals surface area contributed by atoms with E-state index in [1.807, 2.05) is 20.8 Å². The summed E-state index contributed by atoms with van der Waals surface area (Å²) in [5, 5.41) is 12.0. The molecule has 0 heterocycles. The molecule has 1 fully saturated rings. The van der Waals surface area contributed by atoms with Crippen LogP contribution in [0.5, 0.6) is 0 Å². The van der Waals surface area contributed by atoms with E-state index in [0.29, 0.717) is 6.04 Å². The van der Waals surface area contributed by atoms with Crippen molar-refractivity contribution in [2.24, 2.45) is 0 Å². The molecule has 1 aliphatic carbocycles. The van der Waals surface area contributed by atoms with Crippen LogP contribution in [0.15, 0.2) is 0 Å². The topological polar surface area (TPSA) is 58.6 Å². The molecule has 0 bridgehead atoms. The van der Waals surface area contributed by atoms with Gasteiger partial charge in [-0.2, -0.15) is 0 Å². The average molecular weight is 215 g/mol. The molecule has 15 heavy (non-hydrogen) atoms. The van der Waals surface area contributed by atoms with E-state index >= 15 is 0 Å². The lowest BCUT2D eigenvalue weighted by Crippen LogP contribution is -2.43. The lowest BCUT2D eigenvalue weighted by Gasteiger charge is -2.26. The summed E-state index contributed by atoms with van der Waals surface area (Å²) in [7, 11) is 0. The smallest absolute Gasteiger partial charge is 0.323 e. The van der Waals surface area contributed by atoms with E-state index in [2.05, 4.69) is 5.32 Å². The zero-order valence-corrected chi connectivity index (χ0v) is 9.75. The second-order valence-electron chi connectivity index (χ2n) is 4.76. The third kappa shape index (κ3) is 4.62. The molecule has 0 saturated heterocycles. The van der Waals surface area contributed by atoms with Gasteiger partial charge in [0.1, 0.15) is 6.04 Å². The Balaban J connectivity index is 2.33. The van der Waals surface area contributed by atoms with Crippen LogP contribution in [-0.4, -0.2) is 35.4 Å². The van der Waals surface area contributed by atoms with Crippen LogP contribution >= 0.6 is 0 Å². The van der Waals surface area contributed by atoms with Crippen molar-refractivity contribution < 1.29 is 14.6 Å². The highest BCUT2D eigenvalue weighted by atomic mass is 16.5. The van der Waals surface area contributed by atoms with Crippen LogP contribution in [0.1, 0.15) is 40.0 Å². The van der Waals surface area contributed by atoms with E-state index in [9.17, 15) is 4.79 Å². The molecule has 0 aromatic rings. The summed E-state index contributed by atoms with van der Waals surface area (Å²) < 4.78 is 5.59. The Morgan fingerprint density at radius 3 is 2.60 bits per heavy atom. The number of rotatable bonds is 7. The van der Waals surface area contributed by atoms with Crippen molar-refractivity contribution in [2.75, 3.05) is 6.61 Å². The van der Waals surface area contributed by atoms with Crippen LogP contribution in [0.4, 0.5) is 0 Å². The first kappa shape index (κ1) is 12.5. The SMILES string of the molecule is CCC(C)(C)OCC(NC1CC1)C(=O)O. The molecule has 1 aliphatic rings. The number of hydrogen-bond acceptors (Lipinski definition) is 3. The molecule has 4 nitrogen and oxygen atoms in total. The Bertz CT molecular complexity index is 224. The Morgan fingerprint density at radius 2 is 2.20 bits per heavy atom. The lowest BCUT2D eigenvalue weighted by atomic mass is 10.1. The number of aliphatic carboxylic acids is 1. The molecule has 4 heteroatoms. The van der Waals surface area contributed by atoms with Gasteiger partial charge in [-0.1, -0.05) is 6.92 Å². The molecule has 0 aromatic carbocycles. The van der Waals surface area contributed by atoms with Crippen LogP contribution in [-0.2, 0) is 9.53 Å². The highest BCUT2D eigenvalue weighted by Gasteiger charge is 2.29. The van der Waals surface area contributed by atoms with Crippen LogP contribution in [0.2, 0.25) is 0 Å². The van der Waals surface area contributed by atoms with E-state index in [1.165, 1.54) is 0 Å². The van der Waals surface area contributed by atoms with Crippen molar-refractivity contribution in [1.82, 2.24) is 5.32 Å². The van der Waals surface area contributed by atoms with E-state index < -0.39 is 12.0 Å². The molecule has 0 spiro atoms. The van der Waals surface area contributed by atoms with Crippen LogP contribution in [0, 0.1) is 0 Å². The van der Waals surface area contributed by atoms with Crippen molar-refractivity contribution >= 4 is 5.97 Å². The molecule has 0 amide bonds. The third-order valence-electron chi connectivity index (χ3n) is 2.80. The lowest BCUT2D eigenvalue weighted by molar-refractivity contribution is -0.143. The molecule has 1 rings (SSSR count). The van der Waals surface area contributed by atoms with Gasteiger partial charge in [0.25, 0.3) is 0 Å². The van der Waals surface area contributed by atoms with Crippen molar-refractivity contribution in [2.45, 2.75) is 57.7 Å². The number of hydrogen-bond donors (Lipinski definition) is 2. The van der Waals surface area contributed by atoms with Gasteiger partial charge < -0.3 is 9.84 Å². The number of carbonyl (C=O) groups is 1. The van der Waals surface area contributed by atoms with Gasteiger partial charge in [0.15, 0.2) is 0 Å². The monoisotopic (exact) mass is 215 g/mol. The molecule has 88 valence electrons. The molecule has 1 unspecified atom stereocenters. The summed E-state index contributed by atoms with van der Waals surface area (Å²) in [4.78, 5) is 10.9. The average Bonchev–Trinajstić information content (AvgIpc) is 2.95. The van der Waals surface area contributed by atoms with Crippen molar-refractivity contribution in [1.29, 1.82) is 0 Å². The van der Waals surface area contributed by atoms with E-state index in [1.54, 1.807) is 0 Å². The standard InChI is InChI=1S/C11H21NO3/c1-4-11(2,3)15-7-9(10(13)14)12-8-5-6-8/h8-9,12H,4-7H2,1-3H3,(H,13,14). The Kier molecular flexibility index (Phi) is 4.11. The maximum atomic E-state index is 10.9. The van der Waals surface area contributed by atoms with Gasteiger partial charge >= 0.3 is 5.97 Å². The summed E-state index contributed by atoms with van der Waals surface area (Å²) in [6, 6.07) is -0.178. The molecular formula is C11H21NO3. The fourth-order valence-electron chi connectivity index (χ4n) is 1.14. The molecular weight excluding hydrogens is 194 g/mol. The second-order valence-corrected chi connectivity index (χ2v) is 4.76. The summed E-state index contributed by atoms with van der Waals surface area (Å²) >= 11 is 0. The van der Waals surface area contributed by atoms with E-state index in [-0.39, 0.29) is 12.2 Å². The zero-order chi connectivity index (χ0) is 11.5. The van der Waals surface area contributed by atoms with Crippen molar-refractivity contribution in [3.05, 3.63) is 0 Å². The Labute approximate surface area is 91.0 Å². The number of ether oxygens (including phenoxy) is 1. The third-order valence-corrected chi connectivity index (χ3v) is 2.80. The summed E-state index contributed by atoms with van der Waals surface area (Å²) in [5.41, 5.74) is -0.237. The van der Waals surface area contributed by atoms with Gasteiger partial charge in [0.05, 0.1) is 12.2 Å². The first-order valence-corrected chi connectivity index (χ1v) is 5.57. The first-order valence-electron chi connectivity index (χ1n) is 5.57. The largest absolute Gasteiger partial charge is 0.480 e. The highest BCUT2D eigenvalue weighted by molar-refractivity contribution is 5.73. The van der Waals surface area contributed by atoms with Gasteiger partial charge in [-0.3, -0.25) is 10.1 Å². The van der Waals surface area contributed by atoms with Gasteiger partial charge in [-0.15, -0.1) is 0 Å². The number of carboxylic acids is 1. The highest BCUT2D eigenvalue weighted by Crippen LogP contribution is 2.20. The van der Waals surface area contributed by atoms with Crippen LogP contribution in [0.25, 0.3) is 0 Å². The molecule has 0 aromatic heterocycles. The molecule has 0 radical (unpaired) electrons. The quantitative estimate of drug-likeness (QED) is 0.674. The minimum Gasteiger partial charge on any atom is -0.480 e. The normalized spacial score (nSPS) is 18.9. The second kappa shape index (κ2) is 4.94. The minimum absolute atomic E-state index is 0.237. The molecule has 0 aliphatic heterocycles. The van der Waals surface area contributed by atoms with Gasteiger partial charge in [0.2, 0.25) is 0 Å². The predicted octanol–water partition coefficient (Wildman–Crippen LogP) is 1.40. The summed E-state index contributed by atoms with van der Waals surface area (Å²) in [6.45, 7) is 6.23. The van der Waals surface area contributed by atoms with Gasteiger partial charge in [-0.25, -0.2) is 0 Å². The molecule has 2 N–H and O–H groups in total. The first-order chi connectivity index (χ1) is 6.94. The Hall–Kier alpha value is -0.610. The van der Waals surface area contributed by atoms with Crippen LogP contribution in [0.3, 0.4) is 0 Å². The summed E-state index contributed by atoms with van der Waals surface area (Å²) in [5.74, 6) is -0.825. The van der Waals surface area contributed by atoms with E-state index in [4.69, 9.17) is 9.84 Å². The van der Waals surface area contributed by atoms with Crippen molar-refractivity contribution in [3.63, 3.8) is 0 Å². The maximum absolute atomic E-state index is 10.9. The number of nitrogens with one attached hydrogen (secondary N) is 1. The Morgan fingerprint density at radius 1 is 1.60 bits per heavy atom. The summed E-state index contributed by atoms with van der Waals surface area (Å²) in [6.07, 6.45) is 3.05. The molecule has 1 saturated carbocycles. The maximum Gasteiger partial charge on any atom is 0.323 e. The predicted molar refractivity (Wildman–Crippen MR) is 57.9 cm³/mol. The van der Waals surface area contributed by atoms with E-state index in [0.717, 1.165) is 19.3 Å². The van der Waals surface area contributed by atoms with Crippen molar-refractivity contribution in [3.8, 4) is 0 Å². The molecule has 1 atom stereocenters. The van der Waals surface area contributed by atoms with Gasteiger partial charge in [0, 0.05) is 6.04 Å². The minimum atomic E-state index is -0.825. The zero-order valence-electron chi connectivity index (χ0n) is 9.75. The number of carboxylic acid groups (broad SMARTS) is 1.